The van der Waals surface area contributed by atoms with Crippen molar-refractivity contribution in [1.29, 1.82) is 0 Å². The third-order valence-corrected chi connectivity index (χ3v) is 4.87. The predicted octanol–water partition coefficient (Wildman–Crippen LogP) is 4.77. The van der Waals surface area contributed by atoms with Crippen LogP contribution in [-0.2, 0) is 11.3 Å². The number of rotatable bonds is 6. The van der Waals surface area contributed by atoms with Gasteiger partial charge in [-0.05, 0) is 55.0 Å². The van der Waals surface area contributed by atoms with Crippen molar-refractivity contribution in [2.75, 3.05) is 6.61 Å². The fraction of sp³-hybridized carbons (Fsp3) is 0.125. The van der Waals surface area contributed by atoms with Crippen molar-refractivity contribution in [1.82, 2.24) is 9.55 Å². The van der Waals surface area contributed by atoms with E-state index in [1.54, 1.807) is 35.9 Å². The van der Waals surface area contributed by atoms with Crippen LogP contribution in [0.1, 0.15) is 38.9 Å². The second kappa shape index (κ2) is 8.47. The number of aromatic nitrogens is 2. The number of fused-ring (bicyclic) bond motifs is 1. The van der Waals surface area contributed by atoms with E-state index in [0.717, 1.165) is 5.56 Å². The molecule has 0 aliphatic carbocycles. The fourth-order valence-corrected chi connectivity index (χ4v) is 3.36. The van der Waals surface area contributed by atoms with Gasteiger partial charge in [-0.3, -0.25) is 4.79 Å². The van der Waals surface area contributed by atoms with E-state index < -0.39 is 11.8 Å². The first-order valence-electron chi connectivity index (χ1n) is 9.67. The maximum atomic E-state index is 13.3. The van der Waals surface area contributed by atoms with Crippen molar-refractivity contribution in [2.24, 2.45) is 0 Å². The number of pyridine rings is 1. The van der Waals surface area contributed by atoms with Crippen molar-refractivity contribution in [3.8, 4) is 0 Å². The largest absolute Gasteiger partial charge is 0.461 e. The van der Waals surface area contributed by atoms with Gasteiger partial charge in [0.1, 0.15) is 17.3 Å². The van der Waals surface area contributed by atoms with Gasteiger partial charge >= 0.3 is 5.97 Å². The van der Waals surface area contributed by atoms with Crippen molar-refractivity contribution in [2.45, 2.75) is 13.5 Å². The molecular formula is C24H18F2N2O3. The summed E-state index contributed by atoms with van der Waals surface area (Å²) in [5.41, 5.74) is 2.23. The average molecular weight is 420 g/mol. The van der Waals surface area contributed by atoms with E-state index in [1.165, 1.54) is 42.6 Å². The fourth-order valence-electron chi connectivity index (χ4n) is 3.36. The van der Waals surface area contributed by atoms with Gasteiger partial charge < -0.3 is 9.30 Å². The van der Waals surface area contributed by atoms with E-state index in [9.17, 15) is 18.4 Å². The van der Waals surface area contributed by atoms with Crippen LogP contribution in [0.15, 0.2) is 67.0 Å². The van der Waals surface area contributed by atoms with Crippen LogP contribution in [0.5, 0.6) is 0 Å². The Morgan fingerprint density at radius 3 is 2.29 bits per heavy atom. The van der Waals surface area contributed by atoms with Gasteiger partial charge in [-0.2, -0.15) is 0 Å². The standard InChI is InChI=1S/C24H18F2N2O3/c1-2-31-24(30)21-11-22-19(12-27-21)20(23(29)16-5-9-18(26)10-6-16)14-28(22)13-15-3-7-17(25)8-4-15/h3-12,14H,2,13H2,1H3. The molecular weight excluding hydrogens is 402 g/mol. The van der Waals surface area contributed by atoms with Crippen LogP contribution in [0.2, 0.25) is 0 Å². The lowest BCUT2D eigenvalue weighted by Crippen LogP contribution is -2.07. The lowest BCUT2D eigenvalue weighted by Gasteiger charge is -2.07. The number of hydrogen-bond donors (Lipinski definition) is 0. The molecule has 0 saturated heterocycles. The van der Waals surface area contributed by atoms with E-state index in [0.29, 0.717) is 28.6 Å². The molecule has 0 bridgehead atoms. The van der Waals surface area contributed by atoms with Gasteiger partial charge in [0.25, 0.3) is 0 Å². The van der Waals surface area contributed by atoms with Crippen LogP contribution >= 0.6 is 0 Å². The Morgan fingerprint density at radius 2 is 1.65 bits per heavy atom. The van der Waals surface area contributed by atoms with Crippen molar-refractivity contribution >= 4 is 22.7 Å². The molecule has 0 aliphatic heterocycles. The number of carbonyl (C=O) groups excluding carboxylic acids is 2. The summed E-state index contributed by atoms with van der Waals surface area (Å²) in [6.07, 6.45) is 3.12. The summed E-state index contributed by atoms with van der Waals surface area (Å²) >= 11 is 0. The number of carbonyl (C=O) groups is 2. The zero-order chi connectivity index (χ0) is 22.0. The van der Waals surface area contributed by atoms with E-state index in [4.69, 9.17) is 4.74 Å². The highest BCUT2D eigenvalue weighted by molar-refractivity contribution is 6.16. The molecule has 0 spiro atoms. The molecule has 2 heterocycles. The monoisotopic (exact) mass is 420 g/mol. The molecule has 0 unspecified atom stereocenters. The zero-order valence-electron chi connectivity index (χ0n) is 16.6. The molecule has 4 rings (SSSR count). The Labute approximate surface area is 176 Å². The lowest BCUT2D eigenvalue weighted by atomic mass is 10.0. The maximum absolute atomic E-state index is 13.3. The number of hydrogen-bond acceptors (Lipinski definition) is 4. The molecule has 0 fully saturated rings. The van der Waals surface area contributed by atoms with Gasteiger partial charge in [-0.1, -0.05) is 12.1 Å². The number of benzene rings is 2. The highest BCUT2D eigenvalue weighted by Gasteiger charge is 2.20. The van der Waals surface area contributed by atoms with Crippen LogP contribution in [-0.4, -0.2) is 27.9 Å². The number of ketones is 1. The molecule has 7 heteroatoms. The summed E-state index contributed by atoms with van der Waals surface area (Å²) in [4.78, 5) is 29.4. The first-order valence-corrected chi connectivity index (χ1v) is 9.67. The van der Waals surface area contributed by atoms with Crippen molar-refractivity contribution in [3.63, 3.8) is 0 Å². The lowest BCUT2D eigenvalue weighted by molar-refractivity contribution is 0.0519. The van der Waals surface area contributed by atoms with Crippen LogP contribution < -0.4 is 0 Å². The summed E-state index contributed by atoms with van der Waals surface area (Å²) in [7, 11) is 0. The summed E-state index contributed by atoms with van der Waals surface area (Å²) < 4.78 is 33.4. The minimum atomic E-state index is -0.564. The minimum Gasteiger partial charge on any atom is -0.461 e. The molecule has 2 aromatic carbocycles. The van der Waals surface area contributed by atoms with Gasteiger partial charge in [0, 0.05) is 35.5 Å². The van der Waals surface area contributed by atoms with E-state index in [1.807, 2.05) is 0 Å². The van der Waals surface area contributed by atoms with Crippen LogP contribution in [0, 0.1) is 11.6 Å². The number of halogens is 2. The normalized spacial score (nSPS) is 10.9. The smallest absolute Gasteiger partial charge is 0.356 e. The molecule has 2 aromatic heterocycles. The van der Waals surface area contributed by atoms with Gasteiger partial charge in [0.05, 0.1) is 12.1 Å². The summed E-state index contributed by atoms with van der Waals surface area (Å²) in [6, 6.07) is 12.9. The number of esters is 1. The van der Waals surface area contributed by atoms with Crippen LogP contribution in [0.3, 0.4) is 0 Å². The maximum Gasteiger partial charge on any atom is 0.356 e. The molecule has 0 aliphatic rings. The SMILES string of the molecule is CCOC(=O)c1cc2c(cn1)c(C(=O)c1ccc(F)cc1)cn2Cc1ccc(F)cc1. The third-order valence-electron chi connectivity index (χ3n) is 4.87. The Bertz CT molecular complexity index is 1260. The second-order valence-electron chi connectivity index (χ2n) is 6.94. The third kappa shape index (κ3) is 4.21. The van der Waals surface area contributed by atoms with Gasteiger partial charge in [-0.25, -0.2) is 18.6 Å². The molecule has 0 amide bonds. The van der Waals surface area contributed by atoms with E-state index in [-0.39, 0.29) is 23.9 Å². The predicted molar refractivity (Wildman–Crippen MR) is 111 cm³/mol. The topological polar surface area (TPSA) is 61.2 Å². The van der Waals surface area contributed by atoms with E-state index in [2.05, 4.69) is 4.98 Å². The number of ether oxygens (including phenoxy) is 1. The highest BCUT2D eigenvalue weighted by Crippen LogP contribution is 2.25. The summed E-state index contributed by atoms with van der Waals surface area (Å²) in [5.74, 6) is -1.64. The van der Waals surface area contributed by atoms with Gasteiger partial charge in [0.2, 0.25) is 0 Å². The Balaban J connectivity index is 1.82. The van der Waals surface area contributed by atoms with Crippen molar-refractivity contribution < 1.29 is 23.1 Å². The summed E-state index contributed by atoms with van der Waals surface area (Å²) in [6.45, 7) is 2.26. The molecule has 0 radical (unpaired) electrons. The Hall–Kier alpha value is -3.87. The molecule has 5 nitrogen and oxygen atoms in total. The molecule has 4 aromatic rings. The second-order valence-corrected chi connectivity index (χ2v) is 6.94. The van der Waals surface area contributed by atoms with Crippen LogP contribution in [0.4, 0.5) is 8.78 Å². The first-order chi connectivity index (χ1) is 15.0. The van der Waals surface area contributed by atoms with Crippen molar-refractivity contribution in [3.05, 3.63) is 101 Å². The molecule has 0 atom stereocenters. The average Bonchev–Trinajstić information content (AvgIpc) is 3.13. The Kier molecular flexibility index (Phi) is 5.58. The highest BCUT2D eigenvalue weighted by atomic mass is 19.1. The summed E-state index contributed by atoms with van der Waals surface area (Å²) in [5, 5.41) is 0.546. The van der Waals surface area contributed by atoms with Gasteiger partial charge in [0.15, 0.2) is 5.78 Å². The molecule has 31 heavy (non-hydrogen) atoms. The molecule has 156 valence electrons. The van der Waals surface area contributed by atoms with E-state index >= 15 is 0 Å². The molecule has 0 N–H and O–H groups in total. The quantitative estimate of drug-likeness (QED) is 0.333. The first kappa shape index (κ1) is 20.4. The number of nitrogens with zero attached hydrogens (tertiary/aromatic N) is 2. The minimum absolute atomic E-state index is 0.119. The van der Waals surface area contributed by atoms with Gasteiger partial charge in [-0.15, -0.1) is 0 Å². The van der Waals surface area contributed by atoms with Crippen LogP contribution in [0.25, 0.3) is 10.9 Å². The Morgan fingerprint density at radius 1 is 1.00 bits per heavy atom. The zero-order valence-corrected chi connectivity index (χ0v) is 16.6. The molecule has 0 saturated carbocycles.